The molecule has 1 aliphatic heterocycles. The number of anilines is 1. The number of hydrogen-bond donors (Lipinski definition) is 2. The lowest BCUT2D eigenvalue weighted by molar-refractivity contribution is -0.123. The molecule has 164 valence electrons. The minimum atomic E-state index is -0.0479. The number of carbonyl (C=O) groups excluding carboxylic acids is 2. The van der Waals surface area contributed by atoms with Crippen molar-refractivity contribution in [1.82, 2.24) is 10.6 Å². The second-order valence-electron chi connectivity index (χ2n) is 8.42. The summed E-state index contributed by atoms with van der Waals surface area (Å²) in [6.07, 6.45) is 4.65. The predicted octanol–water partition coefficient (Wildman–Crippen LogP) is 3.16. The molecule has 0 radical (unpaired) electrons. The minimum absolute atomic E-state index is 0.0479. The van der Waals surface area contributed by atoms with Crippen LogP contribution < -0.4 is 20.3 Å². The molecule has 2 aromatic rings. The smallest absolute Gasteiger partial charge is 0.253 e. The van der Waals surface area contributed by atoms with Crippen LogP contribution in [-0.2, 0) is 11.2 Å². The number of benzene rings is 2. The van der Waals surface area contributed by atoms with Crippen LogP contribution in [0.15, 0.2) is 48.5 Å². The summed E-state index contributed by atoms with van der Waals surface area (Å²) in [6, 6.07) is 15.9. The molecular formula is C25H31N3O3. The lowest BCUT2D eigenvalue weighted by Gasteiger charge is -2.35. The summed E-state index contributed by atoms with van der Waals surface area (Å²) in [7, 11) is 1.65. The Morgan fingerprint density at radius 2 is 1.71 bits per heavy atom. The quantitative estimate of drug-likeness (QED) is 0.687. The van der Waals surface area contributed by atoms with Crippen LogP contribution in [0.4, 0.5) is 5.69 Å². The van der Waals surface area contributed by atoms with Crippen LogP contribution in [0.25, 0.3) is 0 Å². The van der Waals surface area contributed by atoms with Crippen molar-refractivity contribution in [2.45, 2.75) is 38.1 Å². The molecule has 1 saturated heterocycles. The zero-order valence-electron chi connectivity index (χ0n) is 18.1. The van der Waals surface area contributed by atoms with Crippen molar-refractivity contribution >= 4 is 17.5 Å². The van der Waals surface area contributed by atoms with Gasteiger partial charge in [0.2, 0.25) is 5.91 Å². The number of para-hydroxylation sites is 1. The summed E-state index contributed by atoms with van der Waals surface area (Å²) < 4.78 is 5.18. The van der Waals surface area contributed by atoms with Crippen molar-refractivity contribution in [3.63, 3.8) is 0 Å². The van der Waals surface area contributed by atoms with Gasteiger partial charge in [-0.1, -0.05) is 24.3 Å². The first-order valence-corrected chi connectivity index (χ1v) is 11.2. The van der Waals surface area contributed by atoms with Gasteiger partial charge in [-0.15, -0.1) is 0 Å². The van der Waals surface area contributed by atoms with Gasteiger partial charge in [0, 0.05) is 37.3 Å². The van der Waals surface area contributed by atoms with Crippen LogP contribution >= 0.6 is 0 Å². The third-order valence-corrected chi connectivity index (χ3v) is 6.14. The first kappa shape index (κ1) is 21.2. The Balaban J connectivity index is 1.30. The number of piperidine rings is 1. The van der Waals surface area contributed by atoms with E-state index in [4.69, 9.17) is 4.74 Å². The van der Waals surface area contributed by atoms with Gasteiger partial charge >= 0.3 is 0 Å². The van der Waals surface area contributed by atoms with Crippen LogP contribution in [0, 0.1) is 5.92 Å². The second kappa shape index (κ2) is 9.86. The van der Waals surface area contributed by atoms with Crippen molar-refractivity contribution in [3.05, 3.63) is 59.7 Å². The van der Waals surface area contributed by atoms with E-state index < -0.39 is 0 Å². The monoisotopic (exact) mass is 421 g/mol. The van der Waals surface area contributed by atoms with Crippen molar-refractivity contribution in [2.24, 2.45) is 5.92 Å². The third-order valence-electron chi connectivity index (χ3n) is 6.14. The Hall–Kier alpha value is -3.02. The first-order chi connectivity index (χ1) is 15.1. The Morgan fingerprint density at radius 3 is 2.39 bits per heavy atom. The number of methoxy groups -OCH3 is 1. The molecule has 6 nitrogen and oxygen atoms in total. The molecule has 2 aromatic carbocycles. The molecule has 6 heteroatoms. The van der Waals surface area contributed by atoms with E-state index >= 15 is 0 Å². The van der Waals surface area contributed by atoms with Gasteiger partial charge in [0.1, 0.15) is 5.75 Å². The average molecular weight is 422 g/mol. The lowest BCUT2D eigenvalue weighted by atomic mass is 10.0. The van der Waals surface area contributed by atoms with Crippen LogP contribution in [0.1, 0.15) is 41.6 Å². The van der Waals surface area contributed by atoms with E-state index in [0.29, 0.717) is 12.1 Å². The highest BCUT2D eigenvalue weighted by Gasteiger charge is 2.32. The largest absolute Gasteiger partial charge is 0.497 e. The molecule has 2 fully saturated rings. The topological polar surface area (TPSA) is 70.7 Å². The normalized spacial score (nSPS) is 16.6. The highest BCUT2D eigenvalue weighted by Crippen LogP contribution is 2.30. The summed E-state index contributed by atoms with van der Waals surface area (Å²) in [5.74, 6) is 1.25. The summed E-state index contributed by atoms with van der Waals surface area (Å²) in [5, 5.41) is 6.24. The zero-order chi connectivity index (χ0) is 21.6. The molecule has 31 heavy (non-hydrogen) atoms. The first-order valence-electron chi connectivity index (χ1n) is 11.2. The van der Waals surface area contributed by atoms with Gasteiger partial charge in [-0.2, -0.15) is 0 Å². The van der Waals surface area contributed by atoms with Crippen molar-refractivity contribution in [2.75, 3.05) is 31.6 Å². The van der Waals surface area contributed by atoms with E-state index in [1.807, 2.05) is 48.5 Å². The molecule has 1 aliphatic carbocycles. The van der Waals surface area contributed by atoms with Gasteiger partial charge in [-0.25, -0.2) is 0 Å². The van der Waals surface area contributed by atoms with Crippen molar-refractivity contribution in [3.8, 4) is 5.75 Å². The number of rotatable bonds is 8. The number of hydrogen-bond acceptors (Lipinski definition) is 4. The average Bonchev–Trinajstić information content (AvgIpc) is 3.66. The molecular weight excluding hydrogens is 390 g/mol. The van der Waals surface area contributed by atoms with Gasteiger partial charge in [0.15, 0.2) is 0 Å². The molecule has 0 unspecified atom stereocenters. The molecule has 0 atom stereocenters. The summed E-state index contributed by atoms with van der Waals surface area (Å²) in [4.78, 5) is 27.2. The fraction of sp³-hybridized carbons (Fsp3) is 0.440. The number of ether oxygens (including phenoxy) is 1. The number of nitrogens with one attached hydrogen (secondary N) is 2. The Kier molecular flexibility index (Phi) is 6.75. The Bertz CT molecular complexity index is 900. The molecule has 0 spiro atoms. The summed E-state index contributed by atoms with van der Waals surface area (Å²) in [6.45, 7) is 2.26. The van der Waals surface area contributed by atoms with Crippen LogP contribution in [0.5, 0.6) is 5.75 Å². The van der Waals surface area contributed by atoms with Crippen LogP contribution in [-0.4, -0.2) is 44.6 Å². The van der Waals surface area contributed by atoms with E-state index in [1.165, 1.54) is 0 Å². The molecule has 2 aliphatic rings. The second-order valence-corrected chi connectivity index (χ2v) is 8.42. The van der Waals surface area contributed by atoms with Gasteiger partial charge in [0.05, 0.1) is 12.7 Å². The van der Waals surface area contributed by atoms with Gasteiger partial charge in [-0.05, 0) is 61.9 Å². The fourth-order valence-corrected chi connectivity index (χ4v) is 4.08. The van der Waals surface area contributed by atoms with Crippen molar-refractivity contribution < 1.29 is 14.3 Å². The van der Waals surface area contributed by atoms with Crippen LogP contribution in [0.3, 0.4) is 0 Å². The zero-order valence-corrected chi connectivity index (χ0v) is 18.1. The highest BCUT2D eigenvalue weighted by atomic mass is 16.5. The maximum absolute atomic E-state index is 12.9. The van der Waals surface area contributed by atoms with Crippen molar-refractivity contribution in [1.29, 1.82) is 0 Å². The van der Waals surface area contributed by atoms with E-state index in [-0.39, 0.29) is 23.8 Å². The molecule has 4 rings (SSSR count). The highest BCUT2D eigenvalue weighted by molar-refractivity contribution is 5.99. The van der Waals surface area contributed by atoms with E-state index in [1.54, 1.807) is 7.11 Å². The predicted molar refractivity (Wildman–Crippen MR) is 122 cm³/mol. The Labute approximate surface area is 184 Å². The molecule has 0 bridgehead atoms. The number of nitrogens with zero attached hydrogens (tertiary/aromatic N) is 1. The van der Waals surface area contributed by atoms with E-state index in [0.717, 1.165) is 62.2 Å². The summed E-state index contributed by atoms with van der Waals surface area (Å²) in [5.41, 5.74) is 2.83. The lowest BCUT2D eigenvalue weighted by Crippen LogP contribution is -2.45. The molecule has 2 N–H and O–H groups in total. The standard InChI is InChI=1S/C25H31N3O3/c1-31-21-10-6-18(7-11-21)12-15-26-25(30)22-4-2-3-5-23(22)28-16-13-20(14-17-28)27-24(29)19-8-9-19/h2-7,10-11,19-20H,8-9,12-17H2,1H3,(H,26,30)(H,27,29). The van der Waals surface area contributed by atoms with E-state index in [9.17, 15) is 9.59 Å². The van der Waals surface area contributed by atoms with Gasteiger partial charge in [-0.3, -0.25) is 9.59 Å². The Morgan fingerprint density at radius 1 is 1.00 bits per heavy atom. The maximum Gasteiger partial charge on any atom is 0.253 e. The molecule has 1 saturated carbocycles. The van der Waals surface area contributed by atoms with Gasteiger partial charge < -0.3 is 20.3 Å². The maximum atomic E-state index is 12.9. The van der Waals surface area contributed by atoms with Gasteiger partial charge in [0.25, 0.3) is 5.91 Å². The third kappa shape index (κ3) is 5.57. The fourth-order valence-electron chi connectivity index (χ4n) is 4.08. The SMILES string of the molecule is COc1ccc(CCNC(=O)c2ccccc2N2CCC(NC(=O)C3CC3)CC2)cc1. The molecule has 0 aromatic heterocycles. The van der Waals surface area contributed by atoms with Crippen LogP contribution in [0.2, 0.25) is 0 Å². The molecule has 2 amide bonds. The summed E-state index contributed by atoms with van der Waals surface area (Å²) >= 11 is 0. The number of carbonyl (C=O) groups is 2. The molecule has 1 heterocycles. The number of amides is 2. The minimum Gasteiger partial charge on any atom is -0.497 e. The van der Waals surface area contributed by atoms with E-state index in [2.05, 4.69) is 15.5 Å².